The lowest BCUT2D eigenvalue weighted by Crippen LogP contribution is -2.28. The highest BCUT2D eigenvalue weighted by molar-refractivity contribution is 7.91. The van der Waals surface area contributed by atoms with Gasteiger partial charge in [-0.3, -0.25) is 9.59 Å². The van der Waals surface area contributed by atoms with E-state index in [1.165, 1.54) is 30.3 Å². The Bertz CT molecular complexity index is 1270. The van der Waals surface area contributed by atoms with E-state index in [0.717, 1.165) is 5.56 Å². The fraction of sp³-hybridized carbons (Fsp3) is 0.0909. The number of carbonyl (C=O) groups is 2. The quantitative estimate of drug-likeness (QED) is 0.533. The Kier molecular flexibility index (Phi) is 4.76. The second kappa shape index (κ2) is 7.13. The topological polar surface area (TPSA) is 80.3 Å². The predicted molar refractivity (Wildman–Crippen MR) is 109 cm³/mol. The summed E-state index contributed by atoms with van der Waals surface area (Å²) in [6, 6.07) is 16.9. The average Bonchev–Trinajstić information content (AvgIpc) is 2.72. The normalized spacial score (nSPS) is 15.2. The van der Waals surface area contributed by atoms with Gasteiger partial charge in [-0.2, -0.15) is 0 Å². The molecule has 7 heteroatoms. The maximum absolute atomic E-state index is 13.0. The van der Waals surface area contributed by atoms with Crippen molar-refractivity contribution in [3.63, 3.8) is 0 Å². The first-order valence-electron chi connectivity index (χ1n) is 8.89. The van der Waals surface area contributed by atoms with E-state index < -0.39 is 15.7 Å². The van der Waals surface area contributed by atoms with Crippen LogP contribution in [0.15, 0.2) is 76.5 Å². The van der Waals surface area contributed by atoms with Crippen molar-refractivity contribution in [3.05, 3.63) is 94.0 Å². The van der Waals surface area contributed by atoms with Crippen LogP contribution in [-0.4, -0.2) is 20.1 Å². The molecule has 0 spiro atoms. The van der Waals surface area contributed by atoms with Gasteiger partial charge < -0.3 is 5.32 Å². The summed E-state index contributed by atoms with van der Waals surface area (Å²) >= 11 is 6.18. The minimum absolute atomic E-state index is 0.0421. The third-order valence-corrected chi connectivity index (χ3v) is 7.11. The van der Waals surface area contributed by atoms with E-state index in [1.807, 2.05) is 6.07 Å². The van der Waals surface area contributed by atoms with Crippen molar-refractivity contribution < 1.29 is 18.0 Å². The van der Waals surface area contributed by atoms with Crippen molar-refractivity contribution in [1.82, 2.24) is 5.32 Å². The number of amides is 1. The Labute approximate surface area is 173 Å². The number of hydrogen-bond donors (Lipinski definition) is 1. The molecule has 29 heavy (non-hydrogen) atoms. The number of fused-ring (bicyclic) bond motifs is 2. The highest BCUT2D eigenvalue weighted by atomic mass is 35.5. The van der Waals surface area contributed by atoms with Gasteiger partial charge in [0, 0.05) is 21.7 Å². The van der Waals surface area contributed by atoms with Gasteiger partial charge in [0.2, 0.25) is 9.84 Å². The van der Waals surface area contributed by atoms with Gasteiger partial charge in [0.15, 0.2) is 5.78 Å². The molecule has 4 rings (SSSR count). The van der Waals surface area contributed by atoms with Crippen LogP contribution < -0.4 is 5.32 Å². The second-order valence-corrected chi connectivity index (χ2v) is 9.05. The zero-order chi connectivity index (χ0) is 20.8. The Balaban J connectivity index is 1.70. The molecule has 1 aliphatic heterocycles. The molecule has 0 fully saturated rings. The van der Waals surface area contributed by atoms with E-state index in [-0.39, 0.29) is 38.3 Å². The van der Waals surface area contributed by atoms with Crippen LogP contribution in [0, 0.1) is 0 Å². The van der Waals surface area contributed by atoms with Gasteiger partial charge in [-0.25, -0.2) is 8.42 Å². The highest BCUT2D eigenvalue weighted by Crippen LogP contribution is 2.35. The van der Waals surface area contributed by atoms with Crippen LogP contribution in [0.5, 0.6) is 0 Å². The predicted octanol–water partition coefficient (Wildman–Crippen LogP) is 4.21. The van der Waals surface area contributed by atoms with E-state index >= 15 is 0 Å². The molecule has 1 unspecified atom stereocenters. The SMILES string of the molecule is CC(NC(=O)c1ccc2c(c1)S(=O)(=O)c1ccccc1C2=O)c1ccccc1Cl. The summed E-state index contributed by atoms with van der Waals surface area (Å²) in [7, 11) is -3.90. The Morgan fingerprint density at radius 3 is 2.34 bits per heavy atom. The standard InChI is InChI=1S/C22H16ClNO4S/c1-13(15-6-2-4-8-18(15)23)24-22(26)14-10-11-17-20(12-14)29(27,28)19-9-5-3-7-16(19)21(17)25/h2-13H,1H3,(H,24,26). The van der Waals surface area contributed by atoms with Crippen molar-refractivity contribution in [2.75, 3.05) is 0 Å². The van der Waals surface area contributed by atoms with Crippen molar-refractivity contribution in [3.8, 4) is 0 Å². The van der Waals surface area contributed by atoms with Gasteiger partial charge in [0.05, 0.1) is 15.8 Å². The van der Waals surface area contributed by atoms with Crippen LogP contribution in [0.1, 0.15) is 44.8 Å². The number of sulfone groups is 1. The summed E-state index contributed by atoms with van der Waals surface area (Å²) < 4.78 is 26.0. The van der Waals surface area contributed by atoms with E-state index in [2.05, 4.69) is 5.32 Å². The second-order valence-electron chi connectivity index (χ2n) is 6.76. The molecule has 1 N–H and O–H groups in total. The molecular formula is C22H16ClNO4S. The van der Waals surface area contributed by atoms with E-state index in [4.69, 9.17) is 11.6 Å². The van der Waals surface area contributed by atoms with Gasteiger partial charge in [-0.15, -0.1) is 0 Å². The van der Waals surface area contributed by atoms with Crippen LogP contribution in [0.25, 0.3) is 0 Å². The average molecular weight is 426 g/mol. The first-order valence-corrected chi connectivity index (χ1v) is 10.7. The fourth-order valence-corrected chi connectivity index (χ4v) is 5.39. The molecule has 0 aliphatic carbocycles. The molecule has 0 bridgehead atoms. The highest BCUT2D eigenvalue weighted by Gasteiger charge is 2.35. The molecule has 0 aromatic heterocycles. The molecule has 5 nitrogen and oxygen atoms in total. The molecule has 1 heterocycles. The lowest BCUT2D eigenvalue weighted by molar-refractivity contribution is 0.0938. The Morgan fingerprint density at radius 1 is 0.931 bits per heavy atom. The number of halogens is 1. The molecule has 146 valence electrons. The summed E-state index contributed by atoms with van der Waals surface area (Å²) in [5, 5.41) is 3.34. The smallest absolute Gasteiger partial charge is 0.251 e. The van der Waals surface area contributed by atoms with Crippen molar-refractivity contribution in [2.24, 2.45) is 0 Å². The summed E-state index contributed by atoms with van der Waals surface area (Å²) in [4.78, 5) is 25.2. The largest absolute Gasteiger partial charge is 0.345 e. The summed E-state index contributed by atoms with van der Waals surface area (Å²) in [6.07, 6.45) is 0. The van der Waals surface area contributed by atoms with Crippen molar-refractivity contribution >= 4 is 33.1 Å². The minimum atomic E-state index is -3.90. The first-order chi connectivity index (χ1) is 13.8. The van der Waals surface area contributed by atoms with Crippen LogP contribution in [0.3, 0.4) is 0 Å². The van der Waals surface area contributed by atoms with Gasteiger partial charge in [-0.05, 0) is 48.9 Å². The Morgan fingerprint density at radius 2 is 1.59 bits per heavy atom. The number of carbonyl (C=O) groups excluding carboxylic acids is 2. The summed E-state index contributed by atoms with van der Waals surface area (Å²) in [5.74, 6) is -0.830. The zero-order valence-corrected chi connectivity index (χ0v) is 16.9. The van der Waals surface area contributed by atoms with Gasteiger partial charge >= 0.3 is 0 Å². The third-order valence-electron chi connectivity index (χ3n) is 4.92. The van der Waals surface area contributed by atoms with Gasteiger partial charge in [-0.1, -0.05) is 41.9 Å². The maximum atomic E-state index is 13.0. The number of nitrogens with one attached hydrogen (secondary N) is 1. The van der Waals surface area contributed by atoms with Gasteiger partial charge in [0.1, 0.15) is 0 Å². The molecule has 0 saturated carbocycles. The minimum Gasteiger partial charge on any atom is -0.345 e. The van der Waals surface area contributed by atoms with E-state index in [1.54, 1.807) is 37.3 Å². The molecule has 0 radical (unpaired) electrons. The number of rotatable bonds is 3. The first kappa shape index (κ1) is 19.4. The van der Waals surface area contributed by atoms with E-state index in [9.17, 15) is 18.0 Å². The van der Waals surface area contributed by atoms with Crippen molar-refractivity contribution in [2.45, 2.75) is 22.8 Å². The summed E-state index contributed by atoms with van der Waals surface area (Å²) in [6.45, 7) is 1.79. The lowest BCUT2D eigenvalue weighted by atomic mass is 10.0. The van der Waals surface area contributed by atoms with Crippen LogP contribution in [-0.2, 0) is 9.84 Å². The molecule has 3 aromatic carbocycles. The molecule has 1 aliphatic rings. The van der Waals surface area contributed by atoms with Crippen molar-refractivity contribution in [1.29, 1.82) is 0 Å². The fourth-order valence-electron chi connectivity index (χ4n) is 3.41. The number of hydrogen-bond acceptors (Lipinski definition) is 4. The van der Waals surface area contributed by atoms with Gasteiger partial charge in [0.25, 0.3) is 5.91 Å². The molecule has 0 saturated heterocycles. The van der Waals surface area contributed by atoms with Crippen LogP contribution in [0.2, 0.25) is 5.02 Å². The van der Waals surface area contributed by atoms with Crippen LogP contribution >= 0.6 is 11.6 Å². The molecule has 1 atom stereocenters. The molecule has 3 aromatic rings. The molecular weight excluding hydrogens is 410 g/mol. The third kappa shape index (κ3) is 3.24. The van der Waals surface area contributed by atoms with Crippen LogP contribution in [0.4, 0.5) is 0 Å². The molecule has 1 amide bonds. The number of ketones is 1. The number of benzene rings is 3. The van der Waals surface area contributed by atoms with E-state index in [0.29, 0.717) is 5.02 Å². The monoisotopic (exact) mass is 425 g/mol. The maximum Gasteiger partial charge on any atom is 0.251 e. The lowest BCUT2D eigenvalue weighted by Gasteiger charge is -2.20. The summed E-state index contributed by atoms with van der Waals surface area (Å²) in [5.41, 5.74) is 1.11. The zero-order valence-electron chi connectivity index (χ0n) is 15.3. The Hall–Kier alpha value is -2.96.